The van der Waals surface area contributed by atoms with Crippen molar-refractivity contribution in [3.05, 3.63) is 29.7 Å². The van der Waals surface area contributed by atoms with Gasteiger partial charge < -0.3 is 10.4 Å². The van der Waals surface area contributed by atoms with Crippen molar-refractivity contribution in [1.82, 2.24) is 15.3 Å². The Kier molecular flexibility index (Phi) is 5.69. The Bertz CT molecular complexity index is 546. The number of nitrogens with one attached hydrogen (secondary N) is 1. The van der Waals surface area contributed by atoms with Gasteiger partial charge in [0.2, 0.25) is 5.91 Å². The summed E-state index contributed by atoms with van der Waals surface area (Å²) in [6.45, 7) is 8.89. The highest BCUT2D eigenvalue weighted by atomic mass is 32.2. The van der Waals surface area contributed by atoms with E-state index in [1.54, 1.807) is 26.8 Å². The second-order valence-electron chi connectivity index (χ2n) is 4.14. The van der Waals surface area contributed by atoms with Crippen molar-refractivity contribution in [2.24, 2.45) is 0 Å². The van der Waals surface area contributed by atoms with E-state index >= 15 is 0 Å². The summed E-state index contributed by atoms with van der Waals surface area (Å²) < 4.78 is 0. The summed E-state index contributed by atoms with van der Waals surface area (Å²) in [5.74, 6) is -0.808. The van der Waals surface area contributed by atoms with Crippen molar-refractivity contribution in [1.29, 1.82) is 0 Å². The number of carbonyl (C=O) groups excluding carboxylic acids is 1. The molecular formula is C13H17N3O3S. The van der Waals surface area contributed by atoms with Crippen LogP contribution in [0.2, 0.25) is 0 Å². The summed E-state index contributed by atoms with van der Waals surface area (Å²) in [6, 6.07) is 0. The van der Waals surface area contributed by atoms with Crippen LogP contribution in [0.4, 0.5) is 0 Å². The van der Waals surface area contributed by atoms with Gasteiger partial charge in [0, 0.05) is 6.54 Å². The van der Waals surface area contributed by atoms with Gasteiger partial charge in [-0.1, -0.05) is 17.8 Å². The zero-order valence-corrected chi connectivity index (χ0v) is 12.5. The molecule has 0 bridgehead atoms. The van der Waals surface area contributed by atoms with Gasteiger partial charge in [-0.05, 0) is 20.8 Å². The molecule has 0 aromatic carbocycles. The third-order valence-corrected chi connectivity index (χ3v) is 3.55. The van der Waals surface area contributed by atoms with Crippen LogP contribution < -0.4 is 5.32 Å². The van der Waals surface area contributed by atoms with Gasteiger partial charge in [-0.25, -0.2) is 14.8 Å². The van der Waals surface area contributed by atoms with Crippen LogP contribution in [0.1, 0.15) is 28.8 Å². The molecule has 0 radical (unpaired) electrons. The third kappa shape index (κ3) is 4.06. The summed E-state index contributed by atoms with van der Waals surface area (Å²) in [7, 11) is 0. The maximum atomic E-state index is 11.8. The molecule has 2 N–H and O–H groups in total. The van der Waals surface area contributed by atoms with Gasteiger partial charge in [0.05, 0.1) is 10.9 Å². The summed E-state index contributed by atoms with van der Waals surface area (Å²) in [6.07, 6.45) is 1.58. The zero-order valence-electron chi connectivity index (χ0n) is 11.6. The minimum atomic E-state index is -1.09. The molecule has 0 fully saturated rings. The second-order valence-corrected chi connectivity index (χ2v) is 5.46. The summed E-state index contributed by atoms with van der Waals surface area (Å²) >= 11 is 1.11. The van der Waals surface area contributed by atoms with Gasteiger partial charge in [0.25, 0.3) is 0 Å². The van der Waals surface area contributed by atoms with E-state index in [2.05, 4.69) is 21.9 Å². The van der Waals surface area contributed by atoms with Crippen LogP contribution in [0.5, 0.6) is 0 Å². The van der Waals surface area contributed by atoms with E-state index in [0.29, 0.717) is 23.1 Å². The molecule has 1 unspecified atom stereocenters. The van der Waals surface area contributed by atoms with Gasteiger partial charge in [-0.15, -0.1) is 6.58 Å². The maximum Gasteiger partial charge on any atom is 0.340 e. The molecule has 0 saturated heterocycles. The average molecular weight is 295 g/mol. The molecule has 1 heterocycles. The summed E-state index contributed by atoms with van der Waals surface area (Å²) in [5.41, 5.74) is 0.440. The van der Waals surface area contributed by atoms with E-state index in [0.717, 1.165) is 11.8 Å². The lowest BCUT2D eigenvalue weighted by atomic mass is 10.2. The number of carbonyl (C=O) groups is 2. The first kappa shape index (κ1) is 16.2. The number of carboxylic acids is 1. The number of amides is 1. The fourth-order valence-corrected chi connectivity index (χ4v) is 2.61. The van der Waals surface area contributed by atoms with E-state index in [4.69, 9.17) is 0 Å². The number of rotatable bonds is 6. The second kappa shape index (κ2) is 7.04. The summed E-state index contributed by atoms with van der Waals surface area (Å²) in [4.78, 5) is 31.2. The molecule has 0 aliphatic carbocycles. The van der Waals surface area contributed by atoms with Crippen molar-refractivity contribution in [3.63, 3.8) is 0 Å². The van der Waals surface area contributed by atoms with E-state index in [1.165, 1.54) is 0 Å². The van der Waals surface area contributed by atoms with Gasteiger partial charge >= 0.3 is 5.97 Å². The predicted octanol–water partition coefficient (Wildman–Crippen LogP) is 1.57. The molecule has 1 aromatic rings. The quantitative estimate of drug-likeness (QED) is 0.470. The number of thioether (sulfide) groups is 1. The van der Waals surface area contributed by atoms with Crippen molar-refractivity contribution >= 4 is 23.6 Å². The molecule has 1 aromatic heterocycles. The van der Waals surface area contributed by atoms with Crippen molar-refractivity contribution < 1.29 is 14.7 Å². The Morgan fingerprint density at radius 3 is 2.65 bits per heavy atom. The van der Waals surface area contributed by atoms with Crippen LogP contribution in [0.15, 0.2) is 17.7 Å². The Balaban J connectivity index is 2.99. The average Bonchev–Trinajstić information content (AvgIpc) is 2.34. The van der Waals surface area contributed by atoms with Crippen molar-refractivity contribution in [3.8, 4) is 0 Å². The molecule has 1 rings (SSSR count). The Hall–Kier alpha value is -1.89. The van der Waals surface area contributed by atoms with Crippen LogP contribution in [0, 0.1) is 13.8 Å². The van der Waals surface area contributed by atoms with Gasteiger partial charge in [-0.2, -0.15) is 0 Å². The highest BCUT2D eigenvalue weighted by Gasteiger charge is 2.22. The number of hydrogen-bond acceptors (Lipinski definition) is 5. The van der Waals surface area contributed by atoms with Gasteiger partial charge in [0.1, 0.15) is 16.4 Å². The molecule has 0 aliphatic heterocycles. The van der Waals surface area contributed by atoms with E-state index in [1.807, 2.05) is 0 Å². The highest BCUT2D eigenvalue weighted by Crippen LogP contribution is 2.26. The third-order valence-electron chi connectivity index (χ3n) is 2.46. The van der Waals surface area contributed by atoms with Crippen LogP contribution >= 0.6 is 11.8 Å². The summed E-state index contributed by atoms with van der Waals surface area (Å²) in [5, 5.41) is 11.7. The monoisotopic (exact) mass is 295 g/mol. The number of nitrogens with zero attached hydrogens (tertiary/aromatic N) is 2. The molecular weight excluding hydrogens is 278 g/mol. The topological polar surface area (TPSA) is 92.2 Å². The number of aromatic carboxylic acids is 1. The van der Waals surface area contributed by atoms with Crippen LogP contribution in [0.25, 0.3) is 0 Å². The molecule has 0 spiro atoms. The van der Waals surface area contributed by atoms with Gasteiger partial charge in [0.15, 0.2) is 0 Å². The smallest absolute Gasteiger partial charge is 0.340 e. The fraction of sp³-hybridized carbons (Fsp3) is 0.385. The molecule has 1 atom stereocenters. The van der Waals surface area contributed by atoms with Crippen LogP contribution in [0.3, 0.4) is 0 Å². The number of aryl methyl sites for hydroxylation is 2. The fourth-order valence-electron chi connectivity index (χ4n) is 1.55. The van der Waals surface area contributed by atoms with E-state index in [-0.39, 0.29) is 11.5 Å². The minimum absolute atomic E-state index is 0.0453. The van der Waals surface area contributed by atoms with Crippen molar-refractivity contribution in [2.75, 3.05) is 6.54 Å². The van der Waals surface area contributed by atoms with Crippen LogP contribution in [-0.2, 0) is 4.79 Å². The predicted molar refractivity (Wildman–Crippen MR) is 77.0 cm³/mol. The normalized spacial score (nSPS) is 11.8. The Morgan fingerprint density at radius 2 is 2.10 bits per heavy atom. The molecule has 20 heavy (non-hydrogen) atoms. The van der Waals surface area contributed by atoms with E-state index < -0.39 is 11.2 Å². The Morgan fingerprint density at radius 1 is 1.45 bits per heavy atom. The largest absolute Gasteiger partial charge is 0.478 e. The first-order valence-corrected chi connectivity index (χ1v) is 6.88. The maximum absolute atomic E-state index is 11.8. The van der Waals surface area contributed by atoms with E-state index in [9.17, 15) is 14.7 Å². The number of hydrogen-bond donors (Lipinski definition) is 2. The molecule has 1 amide bonds. The number of aromatic nitrogens is 2. The standard InChI is InChI=1S/C13H17N3O3S/c1-5-6-14-11(17)8(3)20-12-10(13(18)19)7(2)15-9(4)16-12/h5,8H,1,6H2,2-4H3,(H,14,17)(H,18,19). The molecule has 7 heteroatoms. The SMILES string of the molecule is C=CCNC(=O)C(C)Sc1nc(C)nc(C)c1C(=O)O. The van der Waals surface area contributed by atoms with Crippen LogP contribution in [-0.4, -0.2) is 38.7 Å². The number of carboxylic acid groups (broad SMARTS) is 1. The zero-order chi connectivity index (χ0) is 15.3. The highest BCUT2D eigenvalue weighted by molar-refractivity contribution is 8.00. The first-order chi connectivity index (χ1) is 9.36. The Labute approximate surface area is 121 Å². The lowest BCUT2D eigenvalue weighted by Gasteiger charge is -2.13. The first-order valence-electron chi connectivity index (χ1n) is 6.00. The molecule has 0 aliphatic rings. The molecule has 6 nitrogen and oxygen atoms in total. The molecule has 0 saturated carbocycles. The lowest BCUT2D eigenvalue weighted by molar-refractivity contribution is -0.120. The van der Waals surface area contributed by atoms with Gasteiger partial charge in [-0.3, -0.25) is 4.79 Å². The molecule has 108 valence electrons. The minimum Gasteiger partial charge on any atom is -0.478 e. The van der Waals surface area contributed by atoms with Crippen molar-refractivity contribution in [2.45, 2.75) is 31.0 Å². The lowest BCUT2D eigenvalue weighted by Crippen LogP contribution is -2.31.